The molecule has 0 unspecified atom stereocenters. The van der Waals surface area contributed by atoms with Crippen molar-refractivity contribution in [3.63, 3.8) is 0 Å². The van der Waals surface area contributed by atoms with Crippen LogP contribution in [0.2, 0.25) is 0 Å². The number of nitrogens with zero attached hydrogens (tertiary/aromatic N) is 1. The quantitative estimate of drug-likeness (QED) is 0.784. The molecule has 0 aliphatic heterocycles. The van der Waals surface area contributed by atoms with E-state index in [0.29, 0.717) is 11.3 Å². The van der Waals surface area contributed by atoms with E-state index in [2.05, 4.69) is 29.6 Å². The minimum absolute atomic E-state index is 0.217. The number of thioether (sulfide) groups is 1. The highest BCUT2D eigenvalue weighted by Gasteiger charge is 2.08. The first-order valence-electron chi connectivity index (χ1n) is 6.55. The topological polar surface area (TPSA) is 61.4 Å². The molecule has 6 heteroatoms. The Bertz CT molecular complexity index is 444. The third-order valence-electron chi connectivity index (χ3n) is 2.85. The molecule has 20 heavy (non-hydrogen) atoms. The van der Waals surface area contributed by atoms with Crippen molar-refractivity contribution in [1.82, 2.24) is 10.9 Å². The number of amides is 2. The van der Waals surface area contributed by atoms with Crippen LogP contribution < -0.4 is 15.8 Å². The summed E-state index contributed by atoms with van der Waals surface area (Å²) in [5.74, 6) is -0.211. The number of hydrogen-bond donors (Lipinski definition) is 2. The van der Waals surface area contributed by atoms with Gasteiger partial charge >= 0.3 is 0 Å². The lowest BCUT2D eigenvalue weighted by Crippen LogP contribution is -2.42. The minimum Gasteiger partial charge on any atom is -0.372 e. The van der Waals surface area contributed by atoms with E-state index < -0.39 is 0 Å². The molecule has 0 atom stereocenters. The Kier molecular flexibility index (Phi) is 6.93. The molecule has 5 nitrogen and oxygen atoms in total. The summed E-state index contributed by atoms with van der Waals surface area (Å²) < 4.78 is 0. The van der Waals surface area contributed by atoms with Crippen molar-refractivity contribution in [2.24, 2.45) is 0 Å². The van der Waals surface area contributed by atoms with E-state index in [9.17, 15) is 9.59 Å². The standard InChI is InChI=1S/C14H21N3O2S/c1-4-17(5-2)12-8-6-11(7-9-12)14(19)16-15-13(18)10-20-3/h6-9H,4-5,10H2,1-3H3,(H,15,18)(H,16,19). The monoisotopic (exact) mass is 295 g/mol. The Morgan fingerprint density at radius 3 is 2.20 bits per heavy atom. The third kappa shape index (κ3) is 4.77. The van der Waals surface area contributed by atoms with Gasteiger partial charge in [0.05, 0.1) is 5.75 Å². The van der Waals surface area contributed by atoms with Gasteiger partial charge in [-0.15, -0.1) is 0 Å². The average Bonchev–Trinajstić information content (AvgIpc) is 2.47. The van der Waals surface area contributed by atoms with Crippen molar-refractivity contribution >= 4 is 29.3 Å². The Morgan fingerprint density at radius 1 is 1.10 bits per heavy atom. The Morgan fingerprint density at radius 2 is 1.70 bits per heavy atom. The van der Waals surface area contributed by atoms with Gasteiger partial charge in [-0.25, -0.2) is 0 Å². The van der Waals surface area contributed by atoms with Gasteiger partial charge < -0.3 is 4.90 Å². The highest BCUT2D eigenvalue weighted by molar-refractivity contribution is 7.99. The van der Waals surface area contributed by atoms with Gasteiger partial charge in [0.2, 0.25) is 5.91 Å². The van der Waals surface area contributed by atoms with Crippen LogP contribution in [-0.2, 0) is 4.79 Å². The lowest BCUT2D eigenvalue weighted by atomic mass is 10.2. The van der Waals surface area contributed by atoms with Crippen molar-refractivity contribution in [1.29, 1.82) is 0 Å². The Balaban J connectivity index is 2.59. The highest BCUT2D eigenvalue weighted by Crippen LogP contribution is 2.14. The summed E-state index contributed by atoms with van der Waals surface area (Å²) in [6.45, 7) is 6.02. The normalized spacial score (nSPS) is 9.95. The zero-order chi connectivity index (χ0) is 15.0. The van der Waals surface area contributed by atoms with Crippen LogP contribution in [0.5, 0.6) is 0 Å². The van der Waals surface area contributed by atoms with Crippen LogP contribution in [0.4, 0.5) is 5.69 Å². The summed E-state index contributed by atoms with van der Waals surface area (Å²) in [6.07, 6.45) is 1.83. The van der Waals surface area contributed by atoms with E-state index in [0.717, 1.165) is 18.8 Å². The van der Waals surface area contributed by atoms with E-state index in [4.69, 9.17) is 0 Å². The zero-order valence-electron chi connectivity index (χ0n) is 12.1. The SMILES string of the molecule is CCN(CC)c1ccc(C(=O)NNC(=O)CSC)cc1. The number of anilines is 1. The molecule has 0 radical (unpaired) electrons. The first-order valence-corrected chi connectivity index (χ1v) is 7.94. The molecule has 0 saturated heterocycles. The fourth-order valence-corrected chi connectivity index (χ4v) is 2.11. The number of benzene rings is 1. The van der Waals surface area contributed by atoms with Gasteiger partial charge in [-0.05, 0) is 44.4 Å². The maximum atomic E-state index is 11.8. The summed E-state index contributed by atoms with van der Waals surface area (Å²) in [5.41, 5.74) is 6.37. The van der Waals surface area contributed by atoms with Crippen LogP contribution in [0.3, 0.4) is 0 Å². The number of nitrogens with one attached hydrogen (secondary N) is 2. The fraction of sp³-hybridized carbons (Fsp3) is 0.429. The summed E-state index contributed by atoms with van der Waals surface area (Å²) in [6, 6.07) is 7.32. The van der Waals surface area contributed by atoms with Crippen molar-refractivity contribution in [3.05, 3.63) is 29.8 Å². The molecular formula is C14H21N3O2S. The van der Waals surface area contributed by atoms with Gasteiger partial charge in [0.25, 0.3) is 5.91 Å². The number of hydrazine groups is 1. The van der Waals surface area contributed by atoms with Gasteiger partial charge in [-0.3, -0.25) is 20.4 Å². The number of carbonyl (C=O) groups excluding carboxylic acids is 2. The summed E-state index contributed by atoms with van der Waals surface area (Å²) >= 11 is 1.40. The summed E-state index contributed by atoms with van der Waals surface area (Å²) in [4.78, 5) is 25.3. The van der Waals surface area contributed by atoms with Crippen molar-refractivity contribution in [2.45, 2.75) is 13.8 Å². The Hall–Kier alpha value is -1.69. The average molecular weight is 295 g/mol. The minimum atomic E-state index is -0.314. The lowest BCUT2D eigenvalue weighted by molar-refractivity contribution is -0.119. The van der Waals surface area contributed by atoms with Gasteiger partial charge in [-0.1, -0.05) is 0 Å². The van der Waals surface area contributed by atoms with Crippen LogP contribution in [0.15, 0.2) is 24.3 Å². The molecule has 2 amide bonds. The number of carbonyl (C=O) groups is 2. The smallest absolute Gasteiger partial charge is 0.269 e. The molecule has 2 N–H and O–H groups in total. The number of rotatable bonds is 6. The molecule has 0 spiro atoms. The third-order valence-corrected chi connectivity index (χ3v) is 3.40. The van der Waals surface area contributed by atoms with E-state index in [1.54, 1.807) is 12.1 Å². The molecule has 0 heterocycles. The molecule has 0 aliphatic rings. The van der Waals surface area contributed by atoms with Crippen LogP contribution in [-0.4, -0.2) is 36.9 Å². The second-order valence-corrected chi connectivity index (χ2v) is 5.02. The van der Waals surface area contributed by atoms with Crippen molar-refractivity contribution in [3.8, 4) is 0 Å². The van der Waals surface area contributed by atoms with Crippen LogP contribution in [0, 0.1) is 0 Å². The maximum Gasteiger partial charge on any atom is 0.269 e. The first kappa shape index (κ1) is 16.4. The molecule has 1 aromatic carbocycles. The molecule has 1 rings (SSSR count). The summed E-state index contributed by atoms with van der Waals surface area (Å²) in [7, 11) is 0. The van der Waals surface area contributed by atoms with E-state index in [1.807, 2.05) is 18.4 Å². The van der Waals surface area contributed by atoms with Gasteiger partial charge in [0, 0.05) is 24.3 Å². The molecule has 0 aromatic heterocycles. The molecular weight excluding hydrogens is 274 g/mol. The Labute approximate surface area is 124 Å². The molecule has 0 fully saturated rings. The zero-order valence-corrected chi connectivity index (χ0v) is 12.9. The largest absolute Gasteiger partial charge is 0.372 e. The second kappa shape index (κ2) is 8.47. The van der Waals surface area contributed by atoms with E-state index in [1.165, 1.54) is 11.8 Å². The molecule has 0 bridgehead atoms. The first-order chi connectivity index (χ1) is 9.62. The van der Waals surface area contributed by atoms with Crippen LogP contribution >= 0.6 is 11.8 Å². The predicted octanol–water partition coefficient (Wildman–Crippen LogP) is 1.66. The molecule has 110 valence electrons. The van der Waals surface area contributed by atoms with Gasteiger partial charge in [0.15, 0.2) is 0 Å². The van der Waals surface area contributed by atoms with Crippen LogP contribution in [0.1, 0.15) is 24.2 Å². The molecule has 0 saturated carbocycles. The fourth-order valence-electron chi connectivity index (χ4n) is 1.78. The lowest BCUT2D eigenvalue weighted by Gasteiger charge is -2.21. The van der Waals surface area contributed by atoms with Crippen molar-refractivity contribution in [2.75, 3.05) is 30.0 Å². The highest BCUT2D eigenvalue weighted by atomic mass is 32.2. The summed E-state index contributed by atoms with van der Waals surface area (Å²) in [5, 5.41) is 0. The van der Waals surface area contributed by atoms with E-state index >= 15 is 0 Å². The predicted molar refractivity (Wildman–Crippen MR) is 84.0 cm³/mol. The van der Waals surface area contributed by atoms with Gasteiger partial charge in [-0.2, -0.15) is 11.8 Å². The molecule has 1 aromatic rings. The maximum absolute atomic E-state index is 11.8. The van der Waals surface area contributed by atoms with E-state index in [-0.39, 0.29) is 11.8 Å². The van der Waals surface area contributed by atoms with Crippen molar-refractivity contribution < 1.29 is 9.59 Å². The number of hydrogen-bond acceptors (Lipinski definition) is 4. The van der Waals surface area contributed by atoms with Crippen LogP contribution in [0.25, 0.3) is 0 Å². The van der Waals surface area contributed by atoms with Gasteiger partial charge in [0.1, 0.15) is 0 Å². The second-order valence-electron chi connectivity index (χ2n) is 4.15. The molecule has 0 aliphatic carbocycles.